The molecule has 0 unspecified atom stereocenters. The zero-order valence-electron chi connectivity index (χ0n) is 12.3. The van der Waals surface area contributed by atoms with Gasteiger partial charge in [-0.1, -0.05) is 34.8 Å². The number of carbonyl (C=O) groups excluding carboxylic acids is 2. The van der Waals surface area contributed by atoms with Gasteiger partial charge in [0.25, 0.3) is 0 Å². The summed E-state index contributed by atoms with van der Waals surface area (Å²) in [5.74, 6) is 10.6. The fraction of sp³-hybridized carbons (Fsp3) is 0. The minimum Gasteiger partial charge on any atom is -0.350 e. The largest absolute Gasteiger partial charge is 0.350 e. The maximum Gasteiger partial charge on any atom is 0.335 e. The van der Waals surface area contributed by atoms with Crippen LogP contribution in [-0.4, -0.2) is 22.0 Å². The van der Waals surface area contributed by atoms with E-state index in [0.29, 0.717) is 10.0 Å². The highest BCUT2D eigenvalue weighted by atomic mass is 35.5. The van der Waals surface area contributed by atoms with E-state index in [1.54, 1.807) is 0 Å². The number of primary amides is 2. The molecule has 0 fully saturated rings. The molecule has 132 valence electrons. The molecule has 0 aliphatic rings. The van der Waals surface area contributed by atoms with E-state index in [2.05, 4.69) is 9.97 Å². The average molecular weight is 406 g/mol. The molecule has 10 nitrogen and oxygen atoms in total. The second-order valence-corrected chi connectivity index (χ2v) is 5.79. The quantitative estimate of drug-likeness (QED) is 0.261. The molecule has 0 saturated carbocycles. The summed E-state index contributed by atoms with van der Waals surface area (Å²) in [6.45, 7) is 0. The van der Waals surface area contributed by atoms with Crippen molar-refractivity contribution < 1.29 is 9.59 Å². The number of hydrogen-bond acceptors (Lipinski definition) is 6. The Bertz CT molecular complexity index is 862. The molecule has 0 atom stereocenters. The van der Waals surface area contributed by atoms with Crippen LogP contribution < -0.4 is 33.2 Å². The number of anilines is 2. The average Bonchev–Trinajstić information content (AvgIpc) is 2.56. The Morgan fingerprint density at radius 3 is 2.16 bits per heavy atom. The first-order valence-corrected chi connectivity index (χ1v) is 7.47. The molecular formula is C12H11Cl3N8O2. The fourth-order valence-electron chi connectivity index (χ4n) is 1.79. The lowest BCUT2D eigenvalue weighted by atomic mass is 10.1. The standard InChI is InChI=1S/C12H11Cl3N8O2/c13-4-1-5(8(15)6(14)2-4)9-10(23(19)12(17)25)21-7(3-20-9)22(18)11(16)24/h1-3H,18-19H2,(H2,16,24)(H2,17,25). The molecule has 0 saturated heterocycles. The van der Waals surface area contributed by atoms with Gasteiger partial charge in [0.15, 0.2) is 11.6 Å². The minimum absolute atomic E-state index is 0.0253. The van der Waals surface area contributed by atoms with Crippen molar-refractivity contribution in [1.29, 1.82) is 0 Å². The number of carbonyl (C=O) groups is 2. The molecule has 0 aliphatic heterocycles. The molecule has 1 aromatic carbocycles. The summed E-state index contributed by atoms with van der Waals surface area (Å²) in [5, 5.41) is 1.47. The maximum absolute atomic E-state index is 11.5. The molecule has 2 rings (SSSR count). The Hall–Kier alpha value is -2.37. The molecule has 0 aliphatic carbocycles. The van der Waals surface area contributed by atoms with Gasteiger partial charge in [-0.25, -0.2) is 41.3 Å². The molecule has 25 heavy (non-hydrogen) atoms. The van der Waals surface area contributed by atoms with E-state index in [4.69, 9.17) is 58.0 Å². The first-order valence-electron chi connectivity index (χ1n) is 6.34. The van der Waals surface area contributed by atoms with Crippen LogP contribution in [-0.2, 0) is 0 Å². The Labute approximate surface area is 156 Å². The highest BCUT2D eigenvalue weighted by molar-refractivity contribution is 6.45. The van der Waals surface area contributed by atoms with Gasteiger partial charge >= 0.3 is 12.1 Å². The molecule has 1 aromatic heterocycles. The number of halogens is 3. The predicted octanol–water partition coefficient (Wildman–Crippen LogP) is 1.62. The van der Waals surface area contributed by atoms with Crippen LogP contribution in [0.5, 0.6) is 0 Å². The number of nitrogens with zero attached hydrogens (tertiary/aromatic N) is 4. The van der Waals surface area contributed by atoms with Crippen molar-refractivity contribution in [2.75, 3.05) is 10.0 Å². The molecule has 0 bridgehead atoms. The van der Waals surface area contributed by atoms with Crippen LogP contribution in [0.25, 0.3) is 11.3 Å². The maximum atomic E-state index is 11.5. The first kappa shape index (κ1) is 19.0. The zero-order chi connectivity index (χ0) is 18.9. The molecule has 13 heteroatoms. The van der Waals surface area contributed by atoms with E-state index in [1.807, 2.05) is 0 Å². The molecular weight excluding hydrogens is 395 g/mol. The second-order valence-electron chi connectivity index (χ2n) is 4.57. The van der Waals surface area contributed by atoms with Crippen molar-refractivity contribution >= 4 is 58.5 Å². The molecule has 1 heterocycles. The van der Waals surface area contributed by atoms with Gasteiger partial charge in [-0.15, -0.1) is 0 Å². The summed E-state index contributed by atoms with van der Waals surface area (Å²) in [6, 6.07) is 0.782. The summed E-state index contributed by atoms with van der Waals surface area (Å²) in [5.41, 5.74) is 10.5. The molecule has 0 spiro atoms. The summed E-state index contributed by atoms with van der Waals surface area (Å²) in [6.07, 6.45) is 1.11. The van der Waals surface area contributed by atoms with Gasteiger partial charge < -0.3 is 11.5 Å². The second kappa shape index (κ2) is 7.25. The summed E-state index contributed by atoms with van der Waals surface area (Å²) >= 11 is 18.1. The van der Waals surface area contributed by atoms with Gasteiger partial charge in [0.05, 0.1) is 16.2 Å². The molecule has 2 aromatic rings. The van der Waals surface area contributed by atoms with Crippen molar-refractivity contribution in [3.05, 3.63) is 33.4 Å². The number of benzene rings is 1. The molecule has 8 N–H and O–H groups in total. The minimum atomic E-state index is -1.06. The first-order chi connectivity index (χ1) is 11.6. The third-order valence-corrected chi connectivity index (χ3v) is 3.96. The number of hydrazine groups is 2. The number of urea groups is 2. The van der Waals surface area contributed by atoms with E-state index in [1.165, 1.54) is 12.1 Å². The van der Waals surface area contributed by atoms with Crippen LogP contribution >= 0.6 is 34.8 Å². The number of nitrogens with two attached hydrogens (primary N) is 4. The predicted molar refractivity (Wildman–Crippen MR) is 95.0 cm³/mol. The Morgan fingerprint density at radius 1 is 1.00 bits per heavy atom. The fourth-order valence-corrected chi connectivity index (χ4v) is 2.48. The van der Waals surface area contributed by atoms with Gasteiger partial charge in [-0.2, -0.15) is 0 Å². The topological polar surface area (TPSA) is 170 Å². The Morgan fingerprint density at radius 2 is 1.60 bits per heavy atom. The normalized spacial score (nSPS) is 10.4. The summed E-state index contributed by atoms with van der Waals surface area (Å²) in [7, 11) is 0. The SMILES string of the molecule is NC(=O)N(N)c1cnc(-c2cc(Cl)cc(Cl)c2Cl)c(N(N)C(N)=O)n1. The third-order valence-electron chi connectivity index (χ3n) is 2.94. The number of amides is 4. The van der Waals surface area contributed by atoms with Crippen molar-refractivity contribution in [1.82, 2.24) is 9.97 Å². The molecule has 4 amide bonds. The number of rotatable bonds is 3. The van der Waals surface area contributed by atoms with E-state index in [0.717, 1.165) is 6.20 Å². The van der Waals surface area contributed by atoms with Crippen LogP contribution in [0.2, 0.25) is 15.1 Å². The van der Waals surface area contributed by atoms with Crippen LogP contribution in [0.3, 0.4) is 0 Å². The van der Waals surface area contributed by atoms with Crippen molar-refractivity contribution in [2.45, 2.75) is 0 Å². The van der Waals surface area contributed by atoms with Gasteiger partial charge in [0.1, 0.15) is 5.69 Å². The molecule has 0 radical (unpaired) electrons. The monoisotopic (exact) mass is 404 g/mol. The van der Waals surface area contributed by atoms with E-state index in [-0.39, 0.29) is 38.0 Å². The van der Waals surface area contributed by atoms with Gasteiger partial charge in [0.2, 0.25) is 0 Å². The summed E-state index contributed by atoms with van der Waals surface area (Å²) < 4.78 is 0. The number of hydrogen-bond donors (Lipinski definition) is 4. The number of aromatic nitrogens is 2. The van der Waals surface area contributed by atoms with Gasteiger partial charge in [-0.05, 0) is 12.1 Å². The zero-order valence-corrected chi connectivity index (χ0v) is 14.5. The van der Waals surface area contributed by atoms with Crippen LogP contribution in [0.4, 0.5) is 21.2 Å². The lowest BCUT2D eigenvalue weighted by Crippen LogP contribution is -2.44. The van der Waals surface area contributed by atoms with Crippen LogP contribution in [0.1, 0.15) is 0 Å². The van der Waals surface area contributed by atoms with Crippen molar-refractivity contribution in [2.24, 2.45) is 23.2 Å². The van der Waals surface area contributed by atoms with E-state index >= 15 is 0 Å². The van der Waals surface area contributed by atoms with Crippen LogP contribution in [0, 0.1) is 0 Å². The highest BCUT2D eigenvalue weighted by Crippen LogP contribution is 2.38. The van der Waals surface area contributed by atoms with Crippen LogP contribution in [0.15, 0.2) is 18.3 Å². The van der Waals surface area contributed by atoms with E-state index < -0.39 is 12.1 Å². The third kappa shape index (κ3) is 3.83. The smallest absolute Gasteiger partial charge is 0.335 e. The summed E-state index contributed by atoms with van der Waals surface area (Å²) in [4.78, 5) is 30.7. The lowest BCUT2D eigenvalue weighted by molar-refractivity contribution is 0.253. The lowest BCUT2D eigenvalue weighted by Gasteiger charge is -2.20. The van der Waals surface area contributed by atoms with Gasteiger partial charge in [0, 0.05) is 10.6 Å². The van der Waals surface area contributed by atoms with Gasteiger partial charge in [-0.3, -0.25) is 0 Å². The highest BCUT2D eigenvalue weighted by Gasteiger charge is 2.23. The Kier molecular flexibility index (Phi) is 5.50. The van der Waals surface area contributed by atoms with Crippen molar-refractivity contribution in [3.63, 3.8) is 0 Å². The van der Waals surface area contributed by atoms with E-state index in [9.17, 15) is 9.59 Å². The van der Waals surface area contributed by atoms with Crippen molar-refractivity contribution in [3.8, 4) is 11.3 Å². The Balaban J connectivity index is 2.74.